The van der Waals surface area contributed by atoms with Crippen molar-refractivity contribution in [3.05, 3.63) is 12.2 Å². The van der Waals surface area contributed by atoms with Crippen LogP contribution in [0.25, 0.3) is 0 Å². The van der Waals surface area contributed by atoms with Crippen molar-refractivity contribution < 1.29 is 4.79 Å². The third-order valence-corrected chi connectivity index (χ3v) is 4.98. The minimum atomic E-state index is -0.319. The topological polar surface area (TPSA) is 46.3 Å². The second kappa shape index (κ2) is 7.09. The number of carbonyl (C=O) groups excluding carboxylic acids is 1. The Morgan fingerprint density at radius 1 is 1.11 bits per heavy atom. The summed E-state index contributed by atoms with van der Waals surface area (Å²) >= 11 is 0. The van der Waals surface area contributed by atoms with Gasteiger partial charge in [0.25, 0.3) is 0 Å². The summed E-state index contributed by atoms with van der Waals surface area (Å²) in [5.41, 5.74) is 5.94. The van der Waals surface area contributed by atoms with E-state index in [9.17, 15) is 4.79 Å². The lowest BCUT2D eigenvalue weighted by molar-refractivity contribution is -0.115. The van der Waals surface area contributed by atoms with E-state index in [0.717, 1.165) is 31.8 Å². The van der Waals surface area contributed by atoms with Crippen LogP contribution in [0.2, 0.25) is 0 Å². The summed E-state index contributed by atoms with van der Waals surface area (Å²) in [5, 5.41) is 0. The van der Waals surface area contributed by atoms with E-state index in [0.29, 0.717) is 11.5 Å². The minimum absolute atomic E-state index is 0.319. The molecule has 1 aliphatic heterocycles. The highest BCUT2D eigenvalue weighted by Gasteiger charge is 2.24. The molecule has 108 valence electrons. The fourth-order valence-electron chi connectivity index (χ4n) is 3.55. The Hall–Kier alpha value is -0.830. The number of hydrogen-bond acceptors (Lipinski definition) is 2. The summed E-state index contributed by atoms with van der Waals surface area (Å²) in [5.74, 6) is 0.969. The molecule has 0 aromatic carbocycles. The van der Waals surface area contributed by atoms with Crippen LogP contribution in [-0.2, 0) is 4.79 Å². The van der Waals surface area contributed by atoms with E-state index in [1.54, 1.807) is 0 Å². The third kappa shape index (κ3) is 4.34. The molecule has 2 N–H and O–H groups in total. The zero-order valence-corrected chi connectivity index (χ0v) is 12.1. The van der Waals surface area contributed by atoms with E-state index in [1.165, 1.54) is 45.1 Å². The number of nitrogens with two attached hydrogens (primary N) is 1. The number of nitrogens with zero attached hydrogens (tertiary/aromatic N) is 1. The molecule has 0 bridgehead atoms. The van der Waals surface area contributed by atoms with Crippen molar-refractivity contribution in [2.75, 3.05) is 19.6 Å². The highest BCUT2D eigenvalue weighted by atomic mass is 16.1. The molecule has 0 radical (unpaired) electrons. The van der Waals surface area contributed by atoms with Gasteiger partial charge in [-0.1, -0.05) is 38.7 Å². The lowest BCUT2D eigenvalue weighted by atomic mass is 9.86. The largest absolute Gasteiger partial charge is 0.366 e. The lowest BCUT2D eigenvalue weighted by Crippen LogP contribution is -2.37. The third-order valence-electron chi connectivity index (χ3n) is 4.98. The summed E-state index contributed by atoms with van der Waals surface area (Å²) in [7, 11) is 0. The fourth-order valence-corrected chi connectivity index (χ4v) is 3.55. The van der Waals surface area contributed by atoms with Gasteiger partial charge in [-0.15, -0.1) is 0 Å². The molecule has 0 aromatic heterocycles. The molecule has 1 saturated heterocycles. The van der Waals surface area contributed by atoms with Gasteiger partial charge >= 0.3 is 0 Å². The average Bonchev–Trinajstić information content (AvgIpc) is 2.46. The van der Waals surface area contributed by atoms with Gasteiger partial charge in [0.1, 0.15) is 0 Å². The molecule has 2 rings (SSSR count). The maximum atomic E-state index is 11.1. The van der Waals surface area contributed by atoms with Gasteiger partial charge in [-0.2, -0.15) is 0 Å². The van der Waals surface area contributed by atoms with Crippen molar-refractivity contribution in [2.45, 2.75) is 51.4 Å². The first kappa shape index (κ1) is 14.6. The Kier molecular flexibility index (Phi) is 5.44. The van der Waals surface area contributed by atoms with Crippen molar-refractivity contribution in [1.29, 1.82) is 0 Å². The van der Waals surface area contributed by atoms with Crippen LogP contribution in [0.4, 0.5) is 0 Å². The molecule has 1 heterocycles. The predicted molar refractivity (Wildman–Crippen MR) is 78.7 cm³/mol. The zero-order chi connectivity index (χ0) is 13.7. The molecule has 0 aromatic rings. The normalized spacial score (nSPS) is 23.4. The molecular weight excluding hydrogens is 236 g/mol. The smallest absolute Gasteiger partial charge is 0.244 e. The molecule has 3 heteroatoms. The van der Waals surface area contributed by atoms with Crippen LogP contribution in [0, 0.1) is 11.8 Å². The SMILES string of the molecule is C=C(C(N)=O)C1CCN(CCC2CCCCC2)CC1. The van der Waals surface area contributed by atoms with Crippen LogP contribution in [0.15, 0.2) is 12.2 Å². The van der Waals surface area contributed by atoms with Crippen LogP contribution in [0.5, 0.6) is 0 Å². The number of hydrogen-bond donors (Lipinski definition) is 1. The van der Waals surface area contributed by atoms with E-state index < -0.39 is 0 Å². The molecule has 2 aliphatic rings. The molecule has 19 heavy (non-hydrogen) atoms. The predicted octanol–water partition coefficient (Wildman–Crippen LogP) is 2.71. The lowest BCUT2D eigenvalue weighted by Gasteiger charge is -2.33. The number of primary amides is 1. The van der Waals surface area contributed by atoms with Crippen LogP contribution >= 0.6 is 0 Å². The van der Waals surface area contributed by atoms with Crippen LogP contribution in [-0.4, -0.2) is 30.4 Å². The summed E-state index contributed by atoms with van der Waals surface area (Å²) in [4.78, 5) is 13.7. The minimum Gasteiger partial charge on any atom is -0.366 e. The highest BCUT2D eigenvalue weighted by Crippen LogP contribution is 2.28. The van der Waals surface area contributed by atoms with E-state index >= 15 is 0 Å². The van der Waals surface area contributed by atoms with Gasteiger partial charge < -0.3 is 10.6 Å². The van der Waals surface area contributed by atoms with E-state index in [2.05, 4.69) is 11.5 Å². The van der Waals surface area contributed by atoms with Gasteiger partial charge in [0, 0.05) is 5.57 Å². The molecule has 1 aliphatic carbocycles. The molecule has 0 atom stereocenters. The summed E-state index contributed by atoms with van der Waals surface area (Å²) in [6.07, 6.45) is 10.7. The van der Waals surface area contributed by atoms with E-state index in [4.69, 9.17) is 5.73 Å². The van der Waals surface area contributed by atoms with Gasteiger partial charge in [-0.05, 0) is 50.7 Å². The summed E-state index contributed by atoms with van der Waals surface area (Å²) < 4.78 is 0. The number of likely N-dealkylation sites (tertiary alicyclic amines) is 1. The molecule has 1 amide bonds. The Labute approximate surface area is 117 Å². The average molecular weight is 264 g/mol. The molecule has 2 fully saturated rings. The van der Waals surface area contributed by atoms with E-state index in [-0.39, 0.29) is 5.91 Å². The number of amides is 1. The molecular formula is C16H28N2O. The van der Waals surface area contributed by atoms with E-state index in [1.807, 2.05) is 0 Å². The zero-order valence-electron chi connectivity index (χ0n) is 12.1. The maximum absolute atomic E-state index is 11.1. The number of piperidine rings is 1. The quantitative estimate of drug-likeness (QED) is 0.776. The van der Waals surface area contributed by atoms with Gasteiger partial charge in [-0.3, -0.25) is 4.79 Å². The highest BCUT2D eigenvalue weighted by molar-refractivity contribution is 5.91. The Balaban J connectivity index is 1.65. The van der Waals surface area contributed by atoms with Crippen molar-refractivity contribution in [3.63, 3.8) is 0 Å². The van der Waals surface area contributed by atoms with Gasteiger partial charge in [0.15, 0.2) is 0 Å². The monoisotopic (exact) mass is 264 g/mol. The Morgan fingerprint density at radius 2 is 1.74 bits per heavy atom. The first-order valence-electron chi connectivity index (χ1n) is 7.87. The number of rotatable bonds is 5. The Bertz CT molecular complexity index is 313. The van der Waals surface area contributed by atoms with Gasteiger partial charge in [-0.25, -0.2) is 0 Å². The van der Waals surface area contributed by atoms with Crippen molar-refractivity contribution >= 4 is 5.91 Å². The van der Waals surface area contributed by atoms with Crippen molar-refractivity contribution in [3.8, 4) is 0 Å². The Morgan fingerprint density at radius 3 is 2.32 bits per heavy atom. The first-order valence-corrected chi connectivity index (χ1v) is 7.87. The standard InChI is InChI=1S/C16H28N2O/c1-13(16(17)19)15-8-11-18(12-9-15)10-7-14-5-3-2-4-6-14/h14-15H,1-12H2,(H2,17,19). The van der Waals surface area contributed by atoms with Crippen LogP contribution in [0.3, 0.4) is 0 Å². The summed E-state index contributed by atoms with van der Waals surface area (Å²) in [6.45, 7) is 7.27. The molecule has 0 unspecified atom stereocenters. The van der Waals surface area contributed by atoms with Crippen LogP contribution < -0.4 is 5.73 Å². The van der Waals surface area contributed by atoms with Crippen molar-refractivity contribution in [1.82, 2.24) is 4.90 Å². The maximum Gasteiger partial charge on any atom is 0.244 e. The second-order valence-corrected chi connectivity index (χ2v) is 6.30. The van der Waals surface area contributed by atoms with Crippen LogP contribution in [0.1, 0.15) is 51.4 Å². The first-order chi connectivity index (χ1) is 9.16. The molecule has 1 saturated carbocycles. The van der Waals surface area contributed by atoms with Crippen molar-refractivity contribution in [2.24, 2.45) is 17.6 Å². The molecule has 3 nitrogen and oxygen atoms in total. The van der Waals surface area contributed by atoms with Gasteiger partial charge in [0.05, 0.1) is 0 Å². The molecule has 0 spiro atoms. The second-order valence-electron chi connectivity index (χ2n) is 6.30. The van der Waals surface area contributed by atoms with Gasteiger partial charge in [0.2, 0.25) is 5.91 Å². The number of carbonyl (C=O) groups is 1. The fraction of sp³-hybridized carbons (Fsp3) is 0.812. The summed E-state index contributed by atoms with van der Waals surface area (Å²) in [6, 6.07) is 0.